The molecule has 1 N–H and O–H groups in total. The molecule has 1 aromatic carbocycles. The predicted octanol–water partition coefficient (Wildman–Crippen LogP) is 3.20. The van der Waals surface area contributed by atoms with E-state index in [1.165, 1.54) is 5.56 Å². The van der Waals surface area contributed by atoms with Gasteiger partial charge in [0, 0.05) is 24.2 Å². The van der Waals surface area contributed by atoms with Crippen LogP contribution < -0.4 is 0 Å². The number of aliphatic carboxylic acids is 1. The van der Waals surface area contributed by atoms with Crippen molar-refractivity contribution in [2.45, 2.75) is 25.8 Å². The van der Waals surface area contributed by atoms with Crippen LogP contribution in [0.15, 0.2) is 24.3 Å². The molecule has 1 aliphatic heterocycles. The summed E-state index contributed by atoms with van der Waals surface area (Å²) in [6.07, 6.45) is 1.31. The van der Waals surface area contributed by atoms with Gasteiger partial charge in [0.1, 0.15) is 0 Å². The van der Waals surface area contributed by atoms with Crippen molar-refractivity contribution in [1.29, 1.82) is 0 Å². The van der Waals surface area contributed by atoms with Gasteiger partial charge in [-0.3, -0.25) is 9.69 Å². The van der Waals surface area contributed by atoms with Crippen LogP contribution in [0.3, 0.4) is 0 Å². The summed E-state index contributed by atoms with van der Waals surface area (Å²) in [5, 5.41) is 9.50. The van der Waals surface area contributed by atoms with E-state index in [1.807, 2.05) is 12.1 Å². The molecule has 4 heteroatoms. The van der Waals surface area contributed by atoms with Crippen LogP contribution in [0, 0.1) is 5.92 Å². The summed E-state index contributed by atoms with van der Waals surface area (Å²) in [5.41, 5.74) is 1.26. The standard InChI is InChI=1S/C14H18ClNO2/c1-2-13(11-3-5-12(15)6-4-11)16-8-10(9-16)7-14(17)18/h3-6,10,13H,2,7-9H2,1H3,(H,17,18). The molecule has 18 heavy (non-hydrogen) atoms. The van der Waals surface area contributed by atoms with Crippen molar-refractivity contribution < 1.29 is 9.90 Å². The third kappa shape index (κ3) is 3.03. The summed E-state index contributed by atoms with van der Waals surface area (Å²) < 4.78 is 0. The Balaban J connectivity index is 1.95. The molecule has 1 saturated heterocycles. The molecular formula is C14H18ClNO2. The Kier molecular flexibility index (Phi) is 4.25. The van der Waals surface area contributed by atoms with Crippen molar-refractivity contribution in [3.05, 3.63) is 34.9 Å². The number of hydrogen-bond acceptors (Lipinski definition) is 2. The number of likely N-dealkylation sites (tertiary alicyclic amines) is 1. The zero-order valence-corrected chi connectivity index (χ0v) is 11.2. The number of carbonyl (C=O) groups is 1. The van der Waals surface area contributed by atoms with Gasteiger partial charge >= 0.3 is 5.97 Å². The summed E-state index contributed by atoms with van der Waals surface area (Å²) in [5.74, 6) is -0.386. The van der Waals surface area contributed by atoms with Crippen molar-refractivity contribution in [1.82, 2.24) is 4.90 Å². The van der Waals surface area contributed by atoms with E-state index in [1.54, 1.807) is 0 Å². The molecule has 1 aromatic rings. The second-order valence-electron chi connectivity index (χ2n) is 4.89. The number of hydrogen-bond donors (Lipinski definition) is 1. The molecule has 1 aliphatic rings. The quantitative estimate of drug-likeness (QED) is 0.891. The molecule has 1 heterocycles. The topological polar surface area (TPSA) is 40.5 Å². The van der Waals surface area contributed by atoms with Crippen LogP contribution in [0.5, 0.6) is 0 Å². The summed E-state index contributed by atoms with van der Waals surface area (Å²) in [6, 6.07) is 8.32. The number of benzene rings is 1. The molecule has 0 amide bonds. The maximum atomic E-state index is 10.6. The number of rotatable bonds is 5. The summed E-state index contributed by atoms with van der Waals surface area (Å²) in [4.78, 5) is 13.0. The first-order valence-corrected chi connectivity index (χ1v) is 6.69. The van der Waals surface area contributed by atoms with Gasteiger partial charge in [-0.25, -0.2) is 0 Å². The molecule has 0 bridgehead atoms. The van der Waals surface area contributed by atoms with Crippen LogP contribution in [0.1, 0.15) is 31.4 Å². The summed E-state index contributed by atoms with van der Waals surface area (Å²) >= 11 is 5.89. The molecule has 1 atom stereocenters. The molecule has 2 rings (SSSR count). The summed E-state index contributed by atoms with van der Waals surface area (Å²) in [6.45, 7) is 3.92. The monoisotopic (exact) mass is 267 g/mol. The molecule has 0 radical (unpaired) electrons. The highest BCUT2D eigenvalue weighted by molar-refractivity contribution is 6.30. The van der Waals surface area contributed by atoms with E-state index in [2.05, 4.69) is 24.0 Å². The van der Waals surface area contributed by atoms with Gasteiger partial charge in [0.2, 0.25) is 0 Å². The SMILES string of the molecule is CCC(c1ccc(Cl)cc1)N1CC(CC(=O)O)C1. The second-order valence-corrected chi connectivity index (χ2v) is 5.33. The Hall–Kier alpha value is -1.06. The smallest absolute Gasteiger partial charge is 0.303 e. The summed E-state index contributed by atoms with van der Waals surface area (Å²) in [7, 11) is 0. The fraction of sp³-hybridized carbons (Fsp3) is 0.500. The Morgan fingerprint density at radius 2 is 2.06 bits per heavy atom. The lowest BCUT2D eigenvalue weighted by Gasteiger charge is -2.44. The van der Waals surface area contributed by atoms with Crippen molar-refractivity contribution in [2.75, 3.05) is 13.1 Å². The van der Waals surface area contributed by atoms with E-state index in [0.717, 1.165) is 24.5 Å². The molecule has 0 aliphatic carbocycles. The first kappa shape index (κ1) is 13.4. The highest BCUT2D eigenvalue weighted by Crippen LogP contribution is 2.32. The zero-order chi connectivity index (χ0) is 13.1. The number of halogens is 1. The van der Waals surface area contributed by atoms with E-state index in [4.69, 9.17) is 16.7 Å². The molecule has 0 spiro atoms. The first-order chi connectivity index (χ1) is 8.60. The minimum atomic E-state index is -0.695. The normalized spacial score (nSPS) is 18.3. The van der Waals surface area contributed by atoms with Crippen LogP contribution in [-0.2, 0) is 4.79 Å². The van der Waals surface area contributed by atoms with Crippen molar-refractivity contribution >= 4 is 17.6 Å². The van der Waals surface area contributed by atoms with Crippen molar-refractivity contribution in [2.24, 2.45) is 5.92 Å². The second kappa shape index (κ2) is 5.72. The van der Waals surface area contributed by atoms with E-state index >= 15 is 0 Å². The molecule has 98 valence electrons. The Bertz CT molecular complexity index is 412. The van der Waals surface area contributed by atoms with Crippen LogP contribution in [-0.4, -0.2) is 29.1 Å². The molecule has 3 nitrogen and oxygen atoms in total. The largest absolute Gasteiger partial charge is 0.481 e. The fourth-order valence-electron chi connectivity index (χ4n) is 2.63. The maximum absolute atomic E-state index is 10.6. The minimum absolute atomic E-state index is 0.285. The van der Waals surface area contributed by atoms with Crippen LogP contribution in [0.25, 0.3) is 0 Å². The van der Waals surface area contributed by atoms with E-state index in [9.17, 15) is 4.79 Å². The van der Waals surface area contributed by atoms with Crippen molar-refractivity contribution in [3.8, 4) is 0 Å². The number of carboxylic acids is 1. The Morgan fingerprint density at radius 3 is 2.56 bits per heavy atom. The molecule has 0 saturated carbocycles. The molecule has 1 unspecified atom stereocenters. The molecular weight excluding hydrogens is 250 g/mol. The van der Waals surface area contributed by atoms with Gasteiger partial charge in [-0.1, -0.05) is 30.7 Å². The Morgan fingerprint density at radius 1 is 1.44 bits per heavy atom. The molecule has 0 aromatic heterocycles. The zero-order valence-electron chi connectivity index (χ0n) is 10.5. The highest BCUT2D eigenvalue weighted by atomic mass is 35.5. The average Bonchev–Trinajstić information content (AvgIpc) is 2.28. The van der Waals surface area contributed by atoms with Gasteiger partial charge in [-0.2, -0.15) is 0 Å². The van der Waals surface area contributed by atoms with Crippen LogP contribution in [0.4, 0.5) is 0 Å². The van der Waals surface area contributed by atoms with E-state index < -0.39 is 5.97 Å². The third-order valence-electron chi connectivity index (χ3n) is 3.53. The highest BCUT2D eigenvalue weighted by Gasteiger charge is 2.33. The first-order valence-electron chi connectivity index (χ1n) is 6.31. The van der Waals surface area contributed by atoms with Crippen molar-refractivity contribution in [3.63, 3.8) is 0 Å². The number of carboxylic acid groups (broad SMARTS) is 1. The number of nitrogens with zero attached hydrogens (tertiary/aromatic N) is 1. The predicted molar refractivity (Wildman–Crippen MR) is 71.8 cm³/mol. The maximum Gasteiger partial charge on any atom is 0.303 e. The van der Waals surface area contributed by atoms with Gasteiger partial charge in [0.05, 0.1) is 6.42 Å². The average molecular weight is 268 g/mol. The van der Waals surface area contributed by atoms with E-state index in [-0.39, 0.29) is 6.42 Å². The van der Waals surface area contributed by atoms with Gasteiger partial charge < -0.3 is 5.11 Å². The van der Waals surface area contributed by atoms with Gasteiger partial charge in [-0.05, 0) is 30.0 Å². The fourth-order valence-corrected chi connectivity index (χ4v) is 2.76. The molecule has 1 fully saturated rings. The van der Waals surface area contributed by atoms with Crippen LogP contribution in [0.2, 0.25) is 5.02 Å². The van der Waals surface area contributed by atoms with Crippen LogP contribution >= 0.6 is 11.6 Å². The lowest BCUT2D eigenvalue weighted by Crippen LogP contribution is -2.49. The van der Waals surface area contributed by atoms with E-state index in [0.29, 0.717) is 12.0 Å². The van der Waals surface area contributed by atoms with Gasteiger partial charge in [0.15, 0.2) is 0 Å². The van der Waals surface area contributed by atoms with Gasteiger partial charge in [0.25, 0.3) is 0 Å². The third-order valence-corrected chi connectivity index (χ3v) is 3.78. The minimum Gasteiger partial charge on any atom is -0.481 e. The van der Waals surface area contributed by atoms with Gasteiger partial charge in [-0.15, -0.1) is 0 Å². The lowest BCUT2D eigenvalue weighted by molar-refractivity contribution is -0.139. The Labute approximate surface area is 112 Å². The lowest BCUT2D eigenvalue weighted by atomic mass is 9.91.